The molecule has 2 unspecified atom stereocenters. The summed E-state index contributed by atoms with van der Waals surface area (Å²) in [5.41, 5.74) is -0.378. The quantitative estimate of drug-likeness (QED) is 0.521. The summed E-state index contributed by atoms with van der Waals surface area (Å²) in [7, 11) is 0. The van der Waals surface area contributed by atoms with E-state index >= 15 is 0 Å². The van der Waals surface area contributed by atoms with Crippen LogP contribution in [0.5, 0.6) is 0 Å². The van der Waals surface area contributed by atoms with Gasteiger partial charge in [0.2, 0.25) is 0 Å². The second kappa shape index (κ2) is 3.40. The van der Waals surface area contributed by atoms with Gasteiger partial charge < -0.3 is 15.3 Å². The van der Waals surface area contributed by atoms with Gasteiger partial charge in [0.05, 0.1) is 5.60 Å². The van der Waals surface area contributed by atoms with E-state index in [1.54, 1.807) is 0 Å². The van der Waals surface area contributed by atoms with Crippen molar-refractivity contribution in [1.82, 2.24) is 0 Å². The Bertz CT molecular complexity index is 218. The molecule has 0 bridgehead atoms. The molecule has 3 heteroatoms. The second-order valence-electron chi connectivity index (χ2n) is 4.31. The molecular weight excluding hydrogens is 168 g/mol. The molecule has 0 aliphatic heterocycles. The predicted octanol–water partition coefficient (Wildman–Crippen LogP) is 0.445. The Balaban J connectivity index is 2.89. The van der Waals surface area contributed by atoms with Crippen molar-refractivity contribution in [1.29, 1.82) is 0 Å². The maximum Gasteiger partial charge on any atom is 0.112 e. The standard InChI is InChI=1S/C10H18O3/c1-6(2)7-4-5-10(3,13)9(12)8(7)11/h4,6,8-9,11-13H,5H2,1-3H3/t8?,9?,10-/m1/s1. The molecule has 0 aromatic carbocycles. The van der Waals surface area contributed by atoms with Crippen LogP contribution in [0, 0.1) is 5.92 Å². The third-order valence-corrected chi connectivity index (χ3v) is 2.70. The Labute approximate surface area is 78.7 Å². The molecule has 0 aromatic heterocycles. The SMILES string of the molecule is CC(C)C1=CC[C@@](C)(O)C(O)C1O. The molecule has 0 aromatic rings. The molecule has 0 saturated carbocycles. The van der Waals surface area contributed by atoms with Crippen molar-refractivity contribution in [2.75, 3.05) is 0 Å². The van der Waals surface area contributed by atoms with E-state index in [1.165, 1.54) is 6.92 Å². The van der Waals surface area contributed by atoms with Crippen LogP contribution in [0.4, 0.5) is 0 Å². The zero-order valence-corrected chi connectivity index (χ0v) is 8.36. The largest absolute Gasteiger partial charge is 0.387 e. The van der Waals surface area contributed by atoms with Crippen molar-refractivity contribution in [2.24, 2.45) is 5.92 Å². The van der Waals surface area contributed by atoms with Crippen molar-refractivity contribution in [3.63, 3.8) is 0 Å². The van der Waals surface area contributed by atoms with Crippen molar-refractivity contribution in [3.05, 3.63) is 11.6 Å². The maximum atomic E-state index is 9.67. The minimum atomic E-state index is -1.20. The molecule has 0 amide bonds. The van der Waals surface area contributed by atoms with Crippen LogP contribution in [0.1, 0.15) is 27.2 Å². The fourth-order valence-corrected chi connectivity index (χ4v) is 1.67. The number of aliphatic hydroxyl groups is 3. The Morgan fingerprint density at radius 1 is 1.46 bits per heavy atom. The molecule has 0 saturated heterocycles. The highest BCUT2D eigenvalue weighted by atomic mass is 16.4. The van der Waals surface area contributed by atoms with Crippen LogP contribution >= 0.6 is 0 Å². The summed E-state index contributed by atoms with van der Waals surface area (Å²) < 4.78 is 0. The van der Waals surface area contributed by atoms with Gasteiger partial charge >= 0.3 is 0 Å². The summed E-state index contributed by atoms with van der Waals surface area (Å²) in [6, 6.07) is 0. The van der Waals surface area contributed by atoms with Crippen LogP contribution in [-0.2, 0) is 0 Å². The molecule has 1 aliphatic rings. The fourth-order valence-electron chi connectivity index (χ4n) is 1.67. The molecule has 0 spiro atoms. The first-order valence-electron chi connectivity index (χ1n) is 4.64. The molecule has 3 N–H and O–H groups in total. The van der Waals surface area contributed by atoms with Gasteiger partial charge in [-0.05, 0) is 24.8 Å². The molecule has 0 heterocycles. The van der Waals surface area contributed by atoms with Gasteiger partial charge in [-0.25, -0.2) is 0 Å². The minimum Gasteiger partial charge on any atom is -0.387 e. The van der Waals surface area contributed by atoms with Gasteiger partial charge in [-0.3, -0.25) is 0 Å². The number of rotatable bonds is 1. The monoisotopic (exact) mass is 186 g/mol. The van der Waals surface area contributed by atoms with E-state index in [0.717, 1.165) is 5.57 Å². The molecular formula is C10H18O3. The van der Waals surface area contributed by atoms with Crippen LogP contribution < -0.4 is 0 Å². The highest BCUT2D eigenvalue weighted by Gasteiger charge is 2.40. The molecule has 3 atom stereocenters. The summed E-state index contributed by atoms with van der Waals surface area (Å²) in [5, 5.41) is 28.9. The summed E-state index contributed by atoms with van der Waals surface area (Å²) in [4.78, 5) is 0. The second-order valence-corrected chi connectivity index (χ2v) is 4.31. The van der Waals surface area contributed by atoms with Gasteiger partial charge in [-0.2, -0.15) is 0 Å². The lowest BCUT2D eigenvalue weighted by Gasteiger charge is -2.37. The van der Waals surface area contributed by atoms with E-state index in [-0.39, 0.29) is 5.92 Å². The van der Waals surface area contributed by atoms with Crippen molar-refractivity contribution in [3.8, 4) is 0 Å². The molecule has 3 nitrogen and oxygen atoms in total. The topological polar surface area (TPSA) is 60.7 Å². The van der Waals surface area contributed by atoms with Gasteiger partial charge in [0, 0.05) is 0 Å². The first-order valence-corrected chi connectivity index (χ1v) is 4.64. The number of hydrogen-bond donors (Lipinski definition) is 3. The molecule has 0 fully saturated rings. The highest BCUT2D eigenvalue weighted by molar-refractivity contribution is 5.20. The lowest BCUT2D eigenvalue weighted by Crippen LogP contribution is -2.50. The lowest BCUT2D eigenvalue weighted by molar-refractivity contribution is -0.112. The minimum absolute atomic E-state index is 0.209. The van der Waals surface area contributed by atoms with E-state index < -0.39 is 17.8 Å². The van der Waals surface area contributed by atoms with Crippen LogP contribution in [0.2, 0.25) is 0 Å². The fraction of sp³-hybridized carbons (Fsp3) is 0.800. The van der Waals surface area contributed by atoms with Crippen LogP contribution in [0.3, 0.4) is 0 Å². The Morgan fingerprint density at radius 2 is 2.00 bits per heavy atom. The van der Waals surface area contributed by atoms with Crippen LogP contribution in [0.15, 0.2) is 11.6 Å². The van der Waals surface area contributed by atoms with Crippen molar-refractivity contribution in [2.45, 2.75) is 45.0 Å². The summed E-state index contributed by atoms with van der Waals surface area (Å²) in [5.74, 6) is 0.209. The summed E-state index contributed by atoms with van der Waals surface area (Å²) in [6.45, 7) is 5.46. The third-order valence-electron chi connectivity index (χ3n) is 2.70. The predicted molar refractivity (Wildman–Crippen MR) is 50.2 cm³/mol. The first-order chi connectivity index (χ1) is 5.86. The van der Waals surface area contributed by atoms with Crippen LogP contribution in [-0.4, -0.2) is 33.1 Å². The molecule has 0 radical (unpaired) electrons. The molecule has 1 rings (SSSR count). The van der Waals surface area contributed by atoms with Gasteiger partial charge in [0.15, 0.2) is 0 Å². The summed E-state index contributed by atoms with van der Waals surface area (Å²) >= 11 is 0. The maximum absolute atomic E-state index is 9.67. The number of aliphatic hydroxyl groups excluding tert-OH is 2. The average Bonchev–Trinajstić information content (AvgIpc) is 2.00. The van der Waals surface area contributed by atoms with Gasteiger partial charge in [0.25, 0.3) is 0 Å². The van der Waals surface area contributed by atoms with E-state index in [9.17, 15) is 15.3 Å². The Morgan fingerprint density at radius 3 is 2.46 bits per heavy atom. The molecule has 13 heavy (non-hydrogen) atoms. The first kappa shape index (κ1) is 10.7. The van der Waals surface area contributed by atoms with E-state index in [0.29, 0.717) is 6.42 Å². The highest BCUT2D eigenvalue weighted by Crippen LogP contribution is 2.31. The van der Waals surface area contributed by atoms with Gasteiger partial charge in [-0.1, -0.05) is 19.9 Å². The zero-order chi connectivity index (χ0) is 10.2. The number of hydrogen-bond acceptors (Lipinski definition) is 3. The third kappa shape index (κ3) is 1.93. The molecule has 1 aliphatic carbocycles. The smallest absolute Gasteiger partial charge is 0.112 e. The normalized spacial score (nSPS) is 40.7. The van der Waals surface area contributed by atoms with E-state index in [1.807, 2.05) is 19.9 Å². The van der Waals surface area contributed by atoms with Gasteiger partial charge in [0.1, 0.15) is 12.2 Å². The van der Waals surface area contributed by atoms with E-state index in [4.69, 9.17) is 0 Å². The van der Waals surface area contributed by atoms with Crippen molar-refractivity contribution < 1.29 is 15.3 Å². The van der Waals surface area contributed by atoms with Gasteiger partial charge in [-0.15, -0.1) is 0 Å². The van der Waals surface area contributed by atoms with E-state index in [2.05, 4.69) is 0 Å². The molecule has 76 valence electrons. The van der Waals surface area contributed by atoms with Crippen LogP contribution in [0.25, 0.3) is 0 Å². The Kier molecular flexibility index (Phi) is 2.80. The summed E-state index contributed by atoms with van der Waals surface area (Å²) in [6.07, 6.45) is 0.222. The lowest BCUT2D eigenvalue weighted by atomic mass is 9.79. The zero-order valence-electron chi connectivity index (χ0n) is 8.36. The van der Waals surface area contributed by atoms with Crippen molar-refractivity contribution >= 4 is 0 Å². The Hall–Kier alpha value is -0.380. The average molecular weight is 186 g/mol.